The minimum absolute atomic E-state index is 0. The molecule has 0 N–H and O–H groups in total. The molecule has 1 aromatic carbocycles. The molecule has 0 unspecified atom stereocenters. The van der Waals surface area contributed by atoms with E-state index in [1.165, 1.54) is 34.6 Å². The normalized spacial score (nSPS) is 9.83. The van der Waals surface area contributed by atoms with E-state index in [1.807, 2.05) is 0 Å². The van der Waals surface area contributed by atoms with Crippen LogP contribution in [0.25, 0.3) is 0 Å². The summed E-state index contributed by atoms with van der Waals surface area (Å²) in [5.41, 5.74) is -0.693. The summed E-state index contributed by atoms with van der Waals surface area (Å²) in [5.74, 6) is -2.65. The van der Waals surface area contributed by atoms with E-state index in [-0.39, 0.29) is 52.2 Å². The van der Waals surface area contributed by atoms with Crippen molar-refractivity contribution in [2.75, 3.05) is 0 Å². The second-order valence-corrected chi connectivity index (χ2v) is 5.45. The summed E-state index contributed by atoms with van der Waals surface area (Å²) in [5, 5.41) is 0. The Labute approximate surface area is 152 Å². The zero-order valence-corrected chi connectivity index (χ0v) is 17.6. The predicted octanol–water partition coefficient (Wildman–Crippen LogP) is 2.99. The van der Waals surface area contributed by atoms with E-state index in [2.05, 4.69) is 12.6 Å². The number of ketones is 5. The Morgan fingerprint density at radius 1 is 0.522 bits per heavy atom. The van der Waals surface area contributed by atoms with Crippen LogP contribution in [0.1, 0.15) is 86.4 Å². The third kappa shape index (κ3) is 3.90. The van der Waals surface area contributed by atoms with Crippen molar-refractivity contribution in [3.63, 3.8) is 0 Å². The molecule has 0 aliphatic carbocycles. The number of hydrogen-bond donors (Lipinski definition) is 1. The fourth-order valence-electron chi connectivity index (χ4n) is 2.48. The Hall–Kier alpha value is -1.46. The Kier molecular flexibility index (Phi) is 7.39. The molecular weight excluding hydrogens is 370 g/mol. The molecule has 0 amide bonds. The van der Waals surface area contributed by atoms with Crippen molar-refractivity contribution in [2.24, 2.45) is 0 Å². The van der Waals surface area contributed by atoms with Crippen molar-refractivity contribution in [1.82, 2.24) is 0 Å². The number of thiol groups is 1. The van der Waals surface area contributed by atoms with E-state index in [0.717, 1.165) is 0 Å². The summed E-state index contributed by atoms with van der Waals surface area (Å²) in [6.45, 7) is 5.99. The van der Waals surface area contributed by atoms with Gasteiger partial charge in [-0.2, -0.15) is 0 Å². The average molecular weight is 386 g/mol. The fourth-order valence-corrected chi connectivity index (χ4v) is 3.02. The topological polar surface area (TPSA) is 85.3 Å². The number of benzene rings is 1. The van der Waals surface area contributed by atoms with Gasteiger partial charge in [-0.25, -0.2) is 0 Å². The zero-order valence-electron chi connectivity index (χ0n) is 13.7. The molecule has 0 aliphatic rings. The number of Topliss-reactive ketones (excluding diaryl/α,β-unsaturated/α-hetero) is 5. The first-order valence-corrected chi connectivity index (χ1v) is 6.94. The van der Waals surface area contributed by atoms with Crippen molar-refractivity contribution in [2.45, 2.75) is 39.5 Å². The first-order chi connectivity index (χ1) is 10.0. The molecule has 23 heavy (non-hydrogen) atoms. The van der Waals surface area contributed by atoms with Crippen molar-refractivity contribution in [3.05, 3.63) is 27.8 Å². The summed E-state index contributed by atoms with van der Waals surface area (Å²) in [6, 6.07) is 0. The number of carbonyl (C=O) groups is 5. The molecule has 0 spiro atoms. The molecule has 0 saturated carbocycles. The van der Waals surface area contributed by atoms with Crippen LogP contribution >= 0.6 is 12.6 Å². The SMILES string of the molecule is CC(=O)c1c(S)c(C(C)=O)c(C(C)=O)c(C(C)=O)c1C(C)=O.[Zn]. The minimum atomic E-state index is -0.561. The van der Waals surface area contributed by atoms with Gasteiger partial charge in [0.15, 0.2) is 28.9 Å². The van der Waals surface area contributed by atoms with E-state index in [0.29, 0.717) is 0 Å². The van der Waals surface area contributed by atoms with Gasteiger partial charge < -0.3 is 0 Å². The molecule has 0 bridgehead atoms. The van der Waals surface area contributed by atoms with Gasteiger partial charge in [0.1, 0.15) is 0 Å². The summed E-state index contributed by atoms with van der Waals surface area (Å²) < 4.78 is 0. The molecule has 0 atom stereocenters. The van der Waals surface area contributed by atoms with Crippen LogP contribution in [0.15, 0.2) is 4.90 Å². The third-order valence-corrected chi connectivity index (χ3v) is 3.68. The first kappa shape index (κ1) is 21.5. The van der Waals surface area contributed by atoms with Crippen LogP contribution in [-0.2, 0) is 19.5 Å². The standard InChI is InChI=1S/C16H16O5S.Zn/c1-6(17)11-12(7(2)18)14(9(4)20)16(22)15(10(5)21)13(11)8(3)19;/h22H,1-5H3;. The van der Waals surface area contributed by atoms with Gasteiger partial charge in [0.2, 0.25) is 0 Å². The van der Waals surface area contributed by atoms with Gasteiger partial charge in [-0.3, -0.25) is 24.0 Å². The van der Waals surface area contributed by atoms with Gasteiger partial charge in [0.25, 0.3) is 0 Å². The van der Waals surface area contributed by atoms with Crippen LogP contribution in [0.4, 0.5) is 0 Å². The van der Waals surface area contributed by atoms with Crippen LogP contribution < -0.4 is 0 Å². The van der Waals surface area contributed by atoms with Gasteiger partial charge in [-0.15, -0.1) is 12.6 Å². The molecule has 0 radical (unpaired) electrons. The van der Waals surface area contributed by atoms with Crippen molar-refractivity contribution in [3.8, 4) is 0 Å². The number of hydrogen-bond acceptors (Lipinski definition) is 6. The summed E-state index contributed by atoms with van der Waals surface area (Å²) in [4.78, 5) is 59.7. The molecule has 0 aromatic heterocycles. The van der Waals surface area contributed by atoms with Crippen LogP contribution in [0, 0.1) is 0 Å². The van der Waals surface area contributed by atoms with Crippen LogP contribution in [-0.4, -0.2) is 28.9 Å². The maximum atomic E-state index is 12.0. The fraction of sp³-hybridized carbons (Fsp3) is 0.312. The predicted molar refractivity (Wildman–Crippen MR) is 83.7 cm³/mol. The van der Waals surface area contributed by atoms with Crippen molar-refractivity contribution in [1.29, 1.82) is 0 Å². The third-order valence-electron chi connectivity index (χ3n) is 3.23. The van der Waals surface area contributed by atoms with E-state index >= 15 is 0 Å². The molecule has 0 saturated heterocycles. The molecule has 0 aliphatic heterocycles. The van der Waals surface area contributed by atoms with Gasteiger partial charge in [0, 0.05) is 52.2 Å². The monoisotopic (exact) mass is 384 g/mol. The second kappa shape index (κ2) is 7.89. The molecule has 118 valence electrons. The van der Waals surface area contributed by atoms with Crippen LogP contribution in [0.2, 0.25) is 0 Å². The van der Waals surface area contributed by atoms with Gasteiger partial charge in [-0.1, -0.05) is 0 Å². The molecule has 0 heterocycles. The quantitative estimate of drug-likeness (QED) is 0.478. The maximum absolute atomic E-state index is 12.0. The molecule has 1 aromatic rings. The first-order valence-electron chi connectivity index (χ1n) is 6.49. The van der Waals surface area contributed by atoms with E-state index in [9.17, 15) is 24.0 Å². The van der Waals surface area contributed by atoms with Gasteiger partial charge >= 0.3 is 0 Å². The van der Waals surface area contributed by atoms with Crippen LogP contribution in [0.5, 0.6) is 0 Å². The Bertz CT molecular complexity index is 696. The average Bonchev–Trinajstić information content (AvgIpc) is 2.34. The van der Waals surface area contributed by atoms with E-state index in [1.54, 1.807) is 0 Å². The summed E-state index contributed by atoms with van der Waals surface area (Å²) >= 11 is 4.18. The van der Waals surface area contributed by atoms with Gasteiger partial charge in [-0.05, 0) is 34.6 Å². The Balaban J connectivity index is 0.00000484. The van der Waals surface area contributed by atoms with Crippen molar-refractivity contribution >= 4 is 41.5 Å². The summed E-state index contributed by atoms with van der Waals surface area (Å²) in [6.07, 6.45) is 0. The maximum Gasteiger partial charge on any atom is 0.161 e. The zero-order chi connectivity index (χ0) is 17.4. The van der Waals surface area contributed by atoms with Crippen LogP contribution in [0.3, 0.4) is 0 Å². The summed E-state index contributed by atoms with van der Waals surface area (Å²) in [7, 11) is 0. The molecule has 5 nitrogen and oxygen atoms in total. The Morgan fingerprint density at radius 3 is 0.870 bits per heavy atom. The van der Waals surface area contributed by atoms with Crippen molar-refractivity contribution < 1.29 is 43.5 Å². The smallest absolute Gasteiger partial charge is 0.161 e. The molecule has 0 fully saturated rings. The molecular formula is C16H16O5SZn. The molecule has 7 heteroatoms. The van der Waals surface area contributed by atoms with Gasteiger partial charge in [0.05, 0.1) is 0 Å². The largest absolute Gasteiger partial charge is 0.294 e. The van der Waals surface area contributed by atoms with E-state index in [4.69, 9.17) is 0 Å². The number of carbonyl (C=O) groups excluding carboxylic acids is 5. The molecule has 1 rings (SSSR count). The van der Waals surface area contributed by atoms with E-state index < -0.39 is 28.9 Å². The second-order valence-electron chi connectivity index (χ2n) is 5.00. The minimum Gasteiger partial charge on any atom is -0.294 e. The number of rotatable bonds is 5. The Morgan fingerprint density at radius 2 is 0.696 bits per heavy atom.